The molecule has 0 fully saturated rings. The Hall–Kier alpha value is -3.55. The molecular weight excluding hydrogens is 388 g/mol. The summed E-state index contributed by atoms with van der Waals surface area (Å²) < 4.78 is 1.76. The third-order valence-electron chi connectivity index (χ3n) is 5.43. The Kier molecular flexibility index (Phi) is 5.79. The third-order valence-corrected chi connectivity index (χ3v) is 5.43. The maximum absolute atomic E-state index is 11.7. The van der Waals surface area contributed by atoms with Gasteiger partial charge in [-0.15, -0.1) is 0 Å². The van der Waals surface area contributed by atoms with Crippen LogP contribution in [0.15, 0.2) is 73.1 Å². The number of aromatic nitrogens is 3. The van der Waals surface area contributed by atoms with Crippen LogP contribution in [0.1, 0.15) is 27.7 Å². The Morgan fingerprint density at radius 1 is 1.06 bits per heavy atom. The van der Waals surface area contributed by atoms with Crippen LogP contribution in [0.25, 0.3) is 16.6 Å². The number of carbonyl (C=O) groups excluding carboxylic acids is 1. The number of benzene rings is 2. The summed E-state index contributed by atoms with van der Waals surface area (Å²) in [4.78, 5) is 18.3. The van der Waals surface area contributed by atoms with Crippen LogP contribution in [-0.4, -0.2) is 45.7 Å². The summed E-state index contributed by atoms with van der Waals surface area (Å²) in [5.74, 6) is -0.483. The molecule has 0 aliphatic heterocycles. The second-order valence-electron chi connectivity index (χ2n) is 7.88. The van der Waals surface area contributed by atoms with Crippen molar-refractivity contribution in [2.75, 3.05) is 14.1 Å². The van der Waals surface area contributed by atoms with E-state index >= 15 is 0 Å². The fraction of sp³-hybridized carbons (Fsp3) is 0.208. The molecule has 31 heavy (non-hydrogen) atoms. The first-order valence-corrected chi connectivity index (χ1v) is 10.1. The highest BCUT2D eigenvalue weighted by molar-refractivity contribution is 6.04. The number of amides is 1. The number of nitrogens with two attached hydrogens (primary N) is 2. The van der Waals surface area contributed by atoms with Gasteiger partial charge in [-0.3, -0.25) is 14.7 Å². The second kappa shape index (κ2) is 8.67. The summed E-state index contributed by atoms with van der Waals surface area (Å²) in [6.45, 7) is 0. The zero-order chi connectivity index (χ0) is 22.0. The summed E-state index contributed by atoms with van der Waals surface area (Å²) in [6.07, 6.45) is 4.41. The number of rotatable bonds is 7. The number of hydrogen-bond donors (Lipinski definition) is 2. The molecule has 0 aliphatic carbocycles. The Labute approximate surface area is 181 Å². The van der Waals surface area contributed by atoms with Crippen molar-refractivity contribution in [1.29, 1.82) is 0 Å². The van der Waals surface area contributed by atoms with Gasteiger partial charge in [0.2, 0.25) is 0 Å². The van der Waals surface area contributed by atoms with Crippen LogP contribution >= 0.6 is 0 Å². The van der Waals surface area contributed by atoms with Crippen molar-refractivity contribution in [3.63, 3.8) is 0 Å². The van der Waals surface area contributed by atoms with Crippen molar-refractivity contribution in [2.24, 2.45) is 11.5 Å². The Bertz CT molecular complexity index is 1180. The first-order chi connectivity index (χ1) is 14.9. The summed E-state index contributed by atoms with van der Waals surface area (Å²) >= 11 is 0. The van der Waals surface area contributed by atoms with E-state index in [1.54, 1.807) is 16.9 Å². The van der Waals surface area contributed by atoms with E-state index < -0.39 is 5.91 Å². The number of primary amides is 1. The Morgan fingerprint density at radius 3 is 2.48 bits per heavy atom. The van der Waals surface area contributed by atoms with Gasteiger partial charge in [-0.05, 0) is 56.4 Å². The Balaban J connectivity index is 1.55. The predicted octanol–water partition coefficient (Wildman–Crippen LogP) is 2.69. The molecule has 2 aromatic carbocycles. The summed E-state index contributed by atoms with van der Waals surface area (Å²) in [7, 11) is 4.04. The molecule has 0 aliphatic rings. The molecule has 158 valence electrons. The van der Waals surface area contributed by atoms with Crippen LogP contribution in [-0.2, 0) is 6.42 Å². The van der Waals surface area contributed by atoms with Gasteiger partial charge in [-0.25, -0.2) is 4.68 Å². The standard InChI is InChI=1S/C24H26N6O/c1-29(2)23(21-8-3-4-13-27-21)20(25)14-16-9-11-18(12-10-16)30-15-17-6-5-7-19(24(26)31)22(17)28-30/h3-13,15,20,23H,14,25H2,1-2H3,(H2,26,31). The molecule has 0 saturated carbocycles. The minimum atomic E-state index is -0.483. The molecule has 7 nitrogen and oxygen atoms in total. The second-order valence-corrected chi connectivity index (χ2v) is 7.88. The molecule has 4 N–H and O–H groups in total. The average Bonchev–Trinajstić information content (AvgIpc) is 3.19. The van der Waals surface area contributed by atoms with Crippen LogP contribution < -0.4 is 11.5 Å². The summed E-state index contributed by atoms with van der Waals surface area (Å²) in [6, 6.07) is 19.3. The molecule has 0 spiro atoms. The molecule has 2 unspecified atom stereocenters. The maximum atomic E-state index is 11.7. The van der Waals surface area contributed by atoms with E-state index in [0.29, 0.717) is 17.5 Å². The molecular formula is C24H26N6O. The van der Waals surface area contributed by atoms with E-state index in [4.69, 9.17) is 11.5 Å². The first kappa shape index (κ1) is 20.7. The monoisotopic (exact) mass is 414 g/mol. The van der Waals surface area contributed by atoms with Gasteiger partial charge in [0.05, 0.1) is 23.0 Å². The fourth-order valence-corrected chi connectivity index (χ4v) is 3.96. The predicted molar refractivity (Wildman–Crippen MR) is 122 cm³/mol. The van der Waals surface area contributed by atoms with Crippen LogP contribution in [0.2, 0.25) is 0 Å². The molecule has 0 radical (unpaired) electrons. The molecule has 0 saturated heterocycles. The number of carbonyl (C=O) groups is 1. The first-order valence-electron chi connectivity index (χ1n) is 10.1. The van der Waals surface area contributed by atoms with Gasteiger partial charge < -0.3 is 11.5 Å². The average molecular weight is 415 g/mol. The van der Waals surface area contributed by atoms with Crippen molar-refractivity contribution in [1.82, 2.24) is 19.7 Å². The highest BCUT2D eigenvalue weighted by atomic mass is 16.1. The molecule has 0 bridgehead atoms. The van der Waals surface area contributed by atoms with Gasteiger partial charge in [0, 0.05) is 23.8 Å². The van der Waals surface area contributed by atoms with E-state index in [9.17, 15) is 4.79 Å². The van der Waals surface area contributed by atoms with Gasteiger partial charge in [-0.1, -0.05) is 30.3 Å². The van der Waals surface area contributed by atoms with Crippen LogP contribution in [0.3, 0.4) is 0 Å². The SMILES string of the molecule is CN(C)C(c1ccccn1)C(N)Cc1ccc(-n2cc3cccc(C(N)=O)c3n2)cc1. The largest absolute Gasteiger partial charge is 0.366 e. The number of hydrogen-bond acceptors (Lipinski definition) is 5. The number of nitrogens with zero attached hydrogens (tertiary/aromatic N) is 4. The van der Waals surface area contributed by atoms with E-state index in [0.717, 1.165) is 22.3 Å². The molecule has 4 aromatic rings. The maximum Gasteiger partial charge on any atom is 0.250 e. The molecule has 2 atom stereocenters. The van der Waals surface area contributed by atoms with Crippen LogP contribution in [0.5, 0.6) is 0 Å². The summed E-state index contributed by atoms with van der Waals surface area (Å²) in [5.41, 5.74) is 16.1. The quantitative estimate of drug-likeness (QED) is 0.484. The number of pyridine rings is 1. The minimum Gasteiger partial charge on any atom is -0.366 e. The van der Waals surface area contributed by atoms with Crippen molar-refractivity contribution < 1.29 is 4.79 Å². The molecule has 2 aromatic heterocycles. The highest BCUT2D eigenvalue weighted by Gasteiger charge is 2.23. The van der Waals surface area contributed by atoms with E-state index in [2.05, 4.69) is 27.1 Å². The molecule has 2 heterocycles. The topological polar surface area (TPSA) is 103 Å². The normalized spacial score (nSPS) is 13.4. The van der Waals surface area contributed by atoms with Crippen LogP contribution in [0.4, 0.5) is 0 Å². The van der Waals surface area contributed by atoms with Gasteiger partial charge in [0.15, 0.2) is 0 Å². The van der Waals surface area contributed by atoms with Crippen molar-refractivity contribution >= 4 is 16.8 Å². The van der Waals surface area contributed by atoms with Crippen molar-refractivity contribution in [3.8, 4) is 5.69 Å². The van der Waals surface area contributed by atoms with Crippen molar-refractivity contribution in [2.45, 2.75) is 18.5 Å². The van der Waals surface area contributed by atoms with Gasteiger partial charge in [0.1, 0.15) is 5.52 Å². The minimum absolute atomic E-state index is 0.0181. The van der Waals surface area contributed by atoms with Gasteiger partial charge in [-0.2, -0.15) is 5.10 Å². The lowest BCUT2D eigenvalue weighted by atomic mass is 9.96. The lowest BCUT2D eigenvalue weighted by molar-refractivity contribution is 0.100. The molecule has 1 amide bonds. The highest BCUT2D eigenvalue weighted by Crippen LogP contribution is 2.23. The third kappa shape index (κ3) is 4.33. The van der Waals surface area contributed by atoms with E-state index in [-0.39, 0.29) is 12.1 Å². The smallest absolute Gasteiger partial charge is 0.250 e. The number of fused-ring (bicyclic) bond motifs is 1. The Morgan fingerprint density at radius 2 is 1.84 bits per heavy atom. The number of likely N-dealkylation sites (N-methyl/N-ethyl adjacent to an activating group) is 1. The summed E-state index contributed by atoms with van der Waals surface area (Å²) in [5, 5.41) is 5.43. The fourth-order valence-electron chi connectivity index (χ4n) is 3.96. The van der Waals surface area contributed by atoms with Crippen LogP contribution in [0, 0.1) is 0 Å². The zero-order valence-corrected chi connectivity index (χ0v) is 17.6. The van der Waals surface area contributed by atoms with Gasteiger partial charge >= 0.3 is 0 Å². The molecule has 7 heteroatoms. The lowest BCUT2D eigenvalue weighted by Crippen LogP contribution is -2.39. The zero-order valence-electron chi connectivity index (χ0n) is 17.6. The van der Waals surface area contributed by atoms with Crippen molar-refractivity contribution in [3.05, 3.63) is 89.9 Å². The van der Waals surface area contributed by atoms with Gasteiger partial charge in [0.25, 0.3) is 5.91 Å². The lowest BCUT2D eigenvalue weighted by Gasteiger charge is -2.29. The molecule has 4 rings (SSSR count). The van der Waals surface area contributed by atoms with E-state index in [1.165, 1.54) is 0 Å². The van der Waals surface area contributed by atoms with E-state index in [1.807, 2.05) is 62.8 Å².